The number of nitrogens with zero attached hydrogens (tertiary/aromatic N) is 5. The zero-order chi connectivity index (χ0) is 27.1. The summed E-state index contributed by atoms with van der Waals surface area (Å²) in [5.74, 6) is -0.634. The summed E-state index contributed by atoms with van der Waals surface area (Å²) in [6.45, 7) is 1.64. The number of alkyl halides is 3. The second-order valence-electron chi connectivity index (χ2n) is 10.8. The number of aromatic nitrogens is 3. The summed E-state index contributed by atoms with van der Waals surface area (Å²) in [6, 6.07) is 2.09. The zero-order valence-electron chi connectivity index (χ0n) is 20.1. The molecule has 0 radical (unpaired) electrons. The number of aliphatic hydroxyl groups is 1. The minimum absolute atomic E-state index is 0.0764. The Morgan fingerprint density at radius 3 is 2.45 bits per heavy atom. The van der Waals surface area contributed by atoms with Gasteiger partial charge in [0.1, 0.15) is 17.7 Å². The minimum atomic E-state index is -5.63. The Morgan fingerprint density at radius 2 is 1.84 bits per heavy atom. The lowest BCUT2D eigenvalue weighted by Crippen LogP contribution is -2.68. The number of hydrogen-bond acceptors (Lipinski definition) is 7. The largest absolute Gasteiger partial charge is 0.501 e. The molecule has 10 nitrogen and oxygen atoms in total. The number of ether oxygens (including phenoxy) is 1. The van der Waals surface area contributed by atoms with Crippen molar-refractivity contribution in [2.45, 2.75) is 60.4 Å². The van der Waals surface area contributed by atoms with Gasteiger partial charge in [-0.2, -0.15) is 18.3 Å². The molecule has 0 atom stereocenters. The molecule has 2 aromatic rings. The van der Waals surface area contributed by atoms with Crippen LogP contribution in [0.5, 0.6) is 0 Å². The molecule has 15 heteroatoms. The van der Waals surface area contributed by atoms with Crippen LogP contribution in [-0.2, 0) is 26.8 Å². The van der Waals surface area contributed by atoms with Gasteiger partial charge in [0.2, 0.25) is 0 Å². The fourth-order valence-electron chi connectivity index (χ4n) is 5.34. The molecule has 1 aromatic carbocycles. The van der Waals surface area contributed by atoms with Crippen molar-refractivity contribution in [3.63, 3.8) is 0 Å². The van der Waals surface area contributed by atoms with Gasteiger partial charge in [-0.25, -0.2) is 27.3 Å². The van der Waals surface area contributed by atoms with E-state index in [2.05, 4.69) is 10.1 Å². The maximum Gasteiger partial charge on any atom is 0.501 e. The van der Waals surface area contributed by atoms with Crippen molar-refractivity contribution in [3.8, 4) is 0 Å². The minimum Gasteiger partial charge on any atom is -0.382 e. The van der Waals surface area contributed by atoms with Crippen molar-refractivity contribution in [3.05, 3.63) is 41.7 Å². The molecule has 206 valence electrons. The molecule has 0 bridgehead atoms. The Hall–Kier alpha value is -2.78. The molecule has 1 aromatic heterocycles. The monoisotopic (exact) mass is 559 g/mol. The SMILES string of the molecule is O=C(N1CC(OCc2ccc(S(=O)(=O)C(F)(F)F)cc2F)C1)N1CC2(CC(n3cnc(C4(O)CC4)n3)C2)C1. The zero-order valence-corrected chi connectivity index (χ0v) is 20.9. The van der Waals surface area contributed by atoms with Crippen LogP contribution in [0.25, 0.3) is 0 Å². The Kier molecular flexibility index (Phi) is 5.61. The standard InChI is InChI=1S/C23H25F4N5O5S/c24-18-5-17(38(35,36)23(25,26)27)2-1-14(18)10-37-16-8-30(9-16)20(33)31-11-21(12-31)6-15(7-21)32-13-28-19(29-32)22(34)3-4-22/h1-2,5,13,15-16,34H,3-4,6-12H2. The molecule has 4 fully saturated rings. The molecular weight excluding hydrogens is 534 g/mol. The summed E-state index contributed by atoms with van der Waals surface area (Å²) < 4.78 is 82.4. The third kappa shape index (κ3) is 4.24. The van der Waals surface area contributed by atoms with E-state index in [4.69, 9.17) is 4.74 Å². The first kappa shape index (κ1) is 25.5. The van der Waals surface area contributed by atoms with E-state index in [1.165, 1.54) is 0 Å². The van der Waals surface area contributed by atoms with Crippen LogP contribution in [0.1, 0.15) is 43.1 Å². The molecule has 2 aliphatic carbocycles. The Bertz CT molecular complexity index is 1370. The van der Waals surface area contributed by atoms with Gasteiger partial charge in [0, 0.05) is 24.1 Å². The fraction of sp³-hybridized carbons (Fsp3) is 0.609. The van der Waals surface area contributed by atoms with E-state index in [0.29, 0.717) is 57.0 Å². The van der Waals surface area contributed by atoms with E-state index >= 15 is 0 Å². The van der Waals surface area contributed by atoms with Crippen molar-refractivity contribution >= 4 is 15.9 Å². The molecule has 1 spiro atoms. The van der Waals surface area contributed by atoms with Crippen LogP contribution < -0.4 is 0 Å². The molecule has 3 heterocycles. The summed E-state index contributed by atoms with van der Waals surface area (Å²) in [5, 5.41) is 14.6. The molecule has 2 saturated carbocycles. The van der Waals surface area contributed by atoms with Crippen LogP contribution in [0.4, 0.5) is 22.4 Å². The van der Waals surface area contributed by atoms with Crippen LogP contribution >= 0.6 is 0 Å². The van der Waals surface area contributed by atoms with Gasteiger partial charge in [0.05, 0.1) is 36.7 Å². The van der Waals surface area contributed by atoms with Crippen LogP contribution in [0.3, 0.4) is 0 Å². The number of halogens is 4. The summed E-state index contributed by atoms with van der Waals surface area (Å²) in [7, 11) is -5.63. The molecule has 2 aliphatic heterocycles. The summed E-state index contributed by atoms with van der Waals surface area (Å²) in [4.78, 5) is 19.2. The number of likely N-dealkylation sites (tertiary alicyclic amines) is 2. The lowest BCUT2D eigenvalue weighted by Gasteiger charge is -2.59. The van der Waals surface area contributed by atoms with E-state index in [9.17, 15) is 35.9 Å². The predicted octanol–water partition coefficient (Wildman–Crippen LogP) is 2.35. The predicted molar refractivity (Wildman–Crippen MR) is 121 cm³/mol. The summed E-state index contributed by atoms with van der Waals surface area (Å²) in [6.07, 6.45) is 4.45. The Balaban J connectivity index is 0.932. The van der Waals surface area contributed by atoms with Gasteiger partial charge in [-0.05, 0) is 37.8 Å². The number of carbonyl (C=O) groups is 1. The highest BCUT2D eigenvalue weighted by Gasteiger charge is 2.56. The Morgan fingerprint density at radius 1 is 1.16 bits per heavy atom. The normalized spacial score (nSPS) is 22.7. The summed E-state index contributed by atoms with van der Waals surface area (Å²) >= 11 is 0. The second-order valence-corrected chi connectivity index (χ2v) is 12.8. The van der Waals surface area contributed by atoms with Crippen LogP contribution in [0.2, 0.25) is 0 Å². The van der Waals surface area contributed by atoms with Gasteiger partial charge in [-0.1, -0.05) is 6.07 Å². The average molecular weight is 560 g/mol. The maximum absolute atomic E-state index is 14.2. The smallest absolute Gasteiger partial charge is 0.382 e. The highest BCUT2D eigenvalue weighted by molar-refractivity contribution is 7.92. The van der Waals surface area contributed by atoms with Crippen molar-refractivity contribution in [2.24, 2.45) is 5.41 Å². The van der Waals surface area contributed by atoms with Gasteiger partial charge < -0.3 is 19.6 Å². The summed E-state index contributed by atoms with van der Waals surface area (Å²) in [5.41, 5.74) is -6.38. The van der Waals surface area contributed by atoms with E-state index in [0.717, 1.165) is 18.9 Å². The first-order valence-corrected chi connectivity index (χ1v) is 13.7. The number of urea groups is 1. The third-order valence-corrected chi connectivity index (χ3v) is 9.40. The topological polar surface area (TPSA) is 118 Å². The average Bonchev–Trinajstić information content (AvgIpc) is 3.31. The van der Waals surface area contributed by atoms with Gasteiger partial charge in [0.25, 0.3) is 9.84 Å². The molecule has 2 saturated heterocycles. The lowest BCUT2D eigenvalue weighted by molar-refractivity contribution is -0.0926. The molecule has 1 N–H and O–H groups in total. The molecule has 6 rings (SSSR count). The number of hydrogen-bond donors (Lipinski definition) is 1. The quantitative estimate of drug-likeness (QED) is 0.540. The first-order chi connectivity index (χ1) is 17.8. The van der Waals surface area contributed by atoms with E-state index in [1.807, 2.05) is 4.68 Å². The highest BCUT2D eigenvalue weighted by atomic mass is 32.2. The number of benzene rings is 1. The van der Waals surface area contributed by atoms with Crippen LogP contribution in [0, 0.1) is 11.2 Å². The maximum atomic E-state index is 14.2. The second kappa shape index (κ2) is 8.36. The highest BCUT2D eigenvalue weighted by Crippen LogP contribution is 2.54. The molecule has 2 amide bonds. The van der Waals surface area contributed by atoms with E-state index < -0.39 is 31.7 Å². The van der Waals surface area contributed by atoms with E-state index in [-0.39, 0.29) is 35.8 Å². The van der Waals surface area contributed by atoms with Gasteiger partial charge >= 0.3 is 11.5 Å². The number of sulfone groups is 1. The molecular formula is C23H25F4N5O5S. The molecule has 4 aliphatic rings. The van der Waals surface area contributed by atoms with Crippen molar-refractivity contribution in [2.75, 3.05) is 26.2 Å². The fourth-order valence-corrected chi connectivity index (χ4v) is 6.12. The molecule has 0 unspecified atom stereocenters. The van der Waals surface area contributed by atoms with Crippen LogP contribution in [0.15, 0.2) is 29.4 Å². The number of carbonyl (C=O) groups excluding carboxylic acids is 1. The first-order valence-electron chi connectivity index (χ1n) is 12.2. The lowest BCUT2D eigenvalue weighted by atomic mass is 9.61. The molecule has 38 heavy (non-hydrogen) atoms. The van der Waals surface area contributed by atoms with Crippen molar-refractivity contribution in [1.82, 2.24) is 24.6 Å². The number of rotatable bonds is 6. The van der Waals surface area contributed by atoms with Gasteiger partial charge in [-0.15, -0.1) is 0 Å². The van der Waals surface area contributed by atoms with Gasteiger partial charge in [-0.3, -0.25) is 0 Å². The van der Waals surface area contributed by atoms with E-state index in [1.54, 1.807) is 16.1 Å². The van der Waals surface area contributed by atoms with Crippen molar-refractivity contribution < 1.29 is 40.6 Å². The Labute approximate surface area is 215 Å². The van der Waals surface area contributed by atoms with Crippen LogP contribution in [-0.4, -0.2) is 81.9 Å². The number of amides is 2. The van der Waals surface area contributed by atoms with Gasteiger partial charge in [0.15, 0.2) is 5.82 Å². The van der Waals surface area contributed by atoms with Crippen molar-refractivity contribution in [1.29, 1.82) is 0 Å². The third-order valence-electron chi connectivity index (χ3n) is 7.92.